The second-order valence-corrected chi connectivity index (χ2v) is 5.17. The van der Waals surface area contributed by atoms with Crippen molar-refractivity contribution in [3.8, 4) is 23.0 Å². The fraction of sp³-hybridized carbons (Fsp3) is 0.111. The molecule has 0 bridgehead atoms. The molecular weight excluding hydrogens is 326 g/mol. The highest BCUT2D eigenvalue weighted by molar-refractivity contribution is 5.80. The van der Waals surface area contributed by atoms with Gasteiger partial charge in [0.25, 0.3) is 0 Å². The summed E-state index contributed by atoms with van der Waals surface area (Å²) >= 11 is 0. The maximum absolute atomic E-state index is 12.2. The molecule has 0 spiro atoms. The van der Waals surface area contributed by atoms with Gasteiger partial charge in [-0.15, -0.1) is 0 Å². The molecule has 0 saturated heterocycles. The third kappa shape index (κ3) is 3.55. The Labute approximate surface area is 141 Å². The average Bonchev–Trinajstić information content (AvgIpc) is 2.55. The van der Waals surface area contributed by atoms with Gasteiger partial charge in [-0.25, -0.2) is 9.78 Å². The average molecular weight is 339 g/mol. The van der Waals surface area contributed by atoms with Crippen LogP contribution >= 0.6 is 0 Å². The van der Waals surface area contributed by atoms with Gasteiger partial charge in [0.05, 0.1) is 16.5 Å². The minimum Gasteiger partial charge on any atom is -0.427 e. The molecule has 25 heavy (non-hydrogen) atoms. The summed E-state index contributed by atoms with van der Waals surface area (Å²) in [5, 5.41) is 0.330. The third-order valence-corrected chi connectivity index (χ3v) is 3.23. The first-order chi connectivity index (χ1) is 11.9. The molecule has 126 valence electrons. The molecule has 7 heteroatoms. The summed E-state index contributed by atoms with van der Waals surface area (Å²) in [5.74, 6) is -0.775. The predicted molar refractivity (Wildman–Crippen MR) is 88.3 cm³/mol. The van der Waals surface area contributed by atoms with E-state index in [-0.39, 0.29) is 23.0 Å². The number of carbonyl (C=O) groups is 2. The van der Waals surface area contributed by atoms with Crippen LogP contribution in [0.15, 0.2) is 51.7 Å². The fourth-order valence-corrected chi connectivity index (χ4v) is 2.28. The lowest BCUT2D eigenvalue weighted by Crippen LogP contribution is -2.07. The highest BCUT2D eigenvalue weighted by atomic mass is 16.5. The summed E-state index contributed by atoms with van der Waals surface area (Å²) in [6.07, 6.45) is 0. The van der Waals surface area contributed by atoms with E-state index in [9.17, 15) is 14.4 Å². The van der Waals surface area contributed by atoms with Crippen LogP contribution in [0.2, 0.25) is 0 Å². The number of benzene rings is 2. The Morgan fingerprint density at radius 1 is 1.00 bits per heavy atom. The standard InChI is InChI=1S/C18H13NO6/c1-10(20)23-12-7-8-16(24-11(2)21)14(9-12)17-19-15-6-4-3-5-13(15)18(22)25-17/h3-9H,1-2H3. The number of rotatable bonds is 3. The number of para-hydroxylation sites is 1. The van der Waals surface area contributed by atoms with Crippen molar-refractivity contribution < 1.29 is 23.5 Å². The highest BCUT2D eigenvalue weighted by Crippen LogP contribution is 2.33. The molecule has 1 aromatic heterocycles. The summed E-state index contributed by atoms with van der Waals surface area (Å²) < 4.78 is 15.4. The van der Waals surface area contributed by atoms with Crippen molar-refractivity contribution in [1.82, 2.24) is 4.98 Å². The summed E-state index contributed by atoms with van der Waals surface area (Å²) in [5.41, 5.74) is 0.0736. The van der Waals surface area contributed by atoms with Gasteiger partial charge in [0.1, 0.15) is 11.5 Å². The summed E-state index contributed by atoms with van der Waals surface area (Å²) in [6, 6.07) is 11.0. The van der Waals surface area contributed by atoms with Crippen LogP contribution < -0.4 is 15.1 Å². The van der Waals surface area contributed by atoms with E-state index in [4.69, 9.17) is 13.9 Å². The van der Waals surface area contributed by atoms with Crippen LogP contribution in [0.1, 0.15) is 13.8 Å². The Bertz CT molecular complexity index is 1040. The maximum atomic E-state index is 12.2. The van der Waals surface area contributed by atoms with Gasteiger partial charge in [0.2, 0.25) is 5.89 Å². The van der Waals surface area contributed by atoms with Crippen molar-refractivity contribution in [2.45, 2.75) is 13.8 Å². The monoisotopic (exact) mass is 339 g/mol. The molecule has 0 aliphatic carbocycles. The topological polar surface area (TPSA) is 95.7 Å². The molecule has 0 fully saturated rings. The van der Waals surface area contributed by atoms with Crippen LogP contribution in [0, 0.1) is 0 Å². The lowest BCUT2D eigenvalue weighted by molar-refractivity contribution is -0.133. The van der Waals surface area contributed by atoms with E-state index in [2.05, 4.69) is 4.98 Å². The smallest absolute Gasteiger partial charge is 0.347 e. The molecule has 0 radical (unpaired) electrons. The second-order valence-electron chi connectivity index (χ2n) is 5.17. The van der Waals surface area contributed by atoms with Crippen LogP contribution in [0.25, 0.3) is 22.4 Å². The molecule has 0 aliphatic heterocycles. The molecule has 3 aromatic rings. The van der Waals surface area contributed by atoms with Crippen LogP contribution in [-0.4, -0.2) is 16.9 Å². The van der Waals surface area contributed by atoms with Gasteiger partial charge >= 0.3 is 17.6 Å². The first kappa shape index (κ1) is 16.4. The number of hydrogen-bond acceptors (Lipinski definition) is 7. The van der Waals surface area contributed by atoms with Gasteiger partial charge in [-0.2, -0.15) is 0 Å². The fourth-order valence-electron chi connectivity index (χ4n) is 2.28. The quantitative estimate of drug-likeness (QED) is 0.534. The minimum absolute atomic E-state index is 0.0473. The molecule has 1 heterocycles. The van der Waals surface area contributed by atoms with Crippen LogP contribution in [0.5, 0.6) is 11.5 Å². The van der Waals surface area contributed by atoms with Crippen molar-refractivity contribution in [1.29, 1.82) is 0 Å². The van der Waals surface area contributed by atoms with E-state index < -0.39 is 17.6 Å². The van der Waals surface area contributed by atoms with E-state index in [0.717, 1.165) is 0 Å². The normalized spacial score (nSPS) is 10.5. The lowest BCUT2D eigenvalue weighted by atomic mass is 10.1. The van der Waals surface area contributed by atoms with Gasteiger partial charge in [-0.05, 0) is 30.3 Å². The van der Waals surface area contributed by atoms with Gasteiger partial charge in [0, 0.05) is 13.8 Å². The van der Waals surface area contributed by atoms with Crippen LogP contribution in [0.4, 0.5) is 0 Å². The molecule has 0 N–H and O–H groups in total. The Kier molecular flexibility index (Phi) is 4.30. The summed E-state index contributed by atoms with van der Waals surface area (Å²) in [7, 11) is 0. The Morgan fingerprint density at radius 3 is 2.44 bits per heavy atom. The van der Waals surface area contributed by atoms with Crippen LogP contribution in [0.3, 0.4) is 0 Å². The molecule has 2 aromatic carbocycles. The first-order valence-electron chi connectivity index (χ1n) is 7.35. The zero-order chi connectivity index (χ0) is 18.0. The van der Waals surface area contributed by atoms with Crippen LogP contribution in [-0.2, 0) is 9.59 Å². The third-order valence-electron chi connectivity index (χ3n) is 3.23. The Hall–Kier alpha value is -3.48. The van der Waals surface area contributed by atoms with Crippen molar-refractivity contribution in [3.63, 3.8) is 0 Å². The zero-order valence-electron chi connectivity index (χ0n) is 13.4. The second kappa shape index (κ2) is 6.56. The lowest BCUT2D eigenvalue weighted by Gasteiger charge is -2.10. The molecule has 0 amide bonds. The van der Waals surface area contributed by atoms with Gasteiger partial charge in [0.15, 0.2) is 0 Å². The van der Waals surface area contributed by atoms with E-state index in [1.54, 1.807) is 24.3 Å². The van der Waals surface area contributed by atoms with Gasteiger partial charge < -0.3 is 13.9 Å². The number of fused-ring (bicyclic) bond motifs is 1. The molecule has 0 aliphatic rings. The number of nitrogens with zero attached hydrogens (tertiary/aromatic N) is 1. The molecule has 0 atom stereocenters. The molecule has 0 unspecified atom stereocenters. The minimum atomic E-state index is -0.577. The highest BCUT2D eigenvalue weighted by Gasteiger charge is 2.16. The van der Waals surface area contributed by atoms with Crippen molar-refractivity contribution in [3.05, 3.63) is 52.9 Å². The van der Waals surface area contributed by atoms with E-state index >= 15 is 0 Å². The van der Waals surface area contributed by atoms with E-state index in [1.807, 2.05) is 0 Å². The van der Waals surface area contributed by atoms with Crippen molar-refractivity contribution in [2.75, 3.05) is 0 Å². The number of carbonyl (C=O) groups excluding carboxylic acids is 2. The largest absolute Gasteiger partial charge is 0.427 e. The number of esters is 2. The predicted octanol–water partition coefficient (Wildman–Crippen LogP) is 2.71. The zero-order valence-corrected chi connectivity index (χ0v) is 13.4. The molecule has 3 rings (SSSR count). The number of ether oxygens (including phenoxy) is 2. The first-order valence-corrected chi connectivity index (χ1v) is 7.35. The van der Waals surface area contributed by atoms with Crippen molar-refractivity contribution >= 4 is 22.8 Å². The van der Waals surface area contributed by atoms with Gasteiger partial charge in [-0.3, -0.25) is 9.59 Å². The summed E-state index contributed by atoms with van der Waals surface area (Å²) in [4.78, 5) is 38.9. The molecular formula is C18H13NO6. The number of aromatic nitrogens is 1. The Balaban J connectivity index is 2.20. The number of hydrogen-bond donors (Lipinski definition) is 0. The Morgan fingerprint density at radius 2 is 1.72 bits per heavy atom. The SMILES string of the molecule is CC(=O)Oc1ccc(OC(C)=O)c(-c2nc3ccccc3c(=O)o2)c1. The molecule has 0 saturated carbocycles. The maximum Gasteiger partial charge on any atom is 0.347 e. The summed E-state index contributed by atoms with van der Waals surface area (Å²) in [6.45, 7) is 2.50. The van der Waals surface area contributed by atoms with Gasteiger partial charge in [-0.1, -0.05) is 12.1 Å². The van der Waals surface area contributed by atoms with Crippen molar-refractivity contribution in [2.24, 2.45) is 0 Å². The molecule has 7 nitrogen and oxygen atoms in total. The van der Waals surface area contributed by atoms with E-state index in [1.165, 1.54) is 32.0 Å². The van der Waals surface area contributed by atoms with E-state index in [0.29, 0.717) is 10.9 Å².